The number of rotatable bonds is 4. The third kappa shape index (κ3) is 2.28. The zero-order valence-electron chi connectivity index (χ0n) is 11.1. The van der Waals surface area contributed by atoms with Gasteiger partial charge in [-0.1, -0.05) is 12.1 Å². The summed E-state index contributed by atoms with van der Waals surface area (Å²) in [6.45, 7) is 0.380. The lowest BCUT2D eigenvalue weighted by molar-refractivity contribution is 0.304. The second kappa shape index (κ2) is 5.17. The molecule has 0 fully saturated rings. The zero-order chi connectivity index (χ0) is 13.9. The summed E-state index contributed by atoms with van der Waals surface area (Å²) in [5, 5.41) is 10.7. The van der Waals surface area contributed by atoms with Gasteiger partial charge in [0.15, 0.2) is 0 Å². The van der Waals surface area contributed by atoms with Crippen LogP contribution in [0.25, 0.3) is 10.9 Å². The summed E-state index contributed by atoms with van der Waals surface area (Å²) in [6, 6.07) is 12.8. The van der Waals surface area contributed by atoms with Crippen LogP contribution in [0.2, 0.25) is 0 Å². The third-order valence-corrected chi connectivity index (χ3v) is 3.20. The molecular weight excluding hydrogens is 254 g/mol. The Kier molecular flexibility index (Phi) is 3.21. The molecule has 0 saturated heterocycles. The number of methoxy groups -OCH3 is 1. The Balaban J connectivity index is 1.83. The summed E-state index contributed by atoms with van der Waals surface area (Å²) in [6.07, 6.45) is 1.85. The predicted molar refractivity (Wildman–Crippen MR) is 77.3 cm³/mol. The van der Waals surface area contributed by atoms with Crippen molar-refractivity contribution in [1.29, 1.82) is 0 Å². The van der Waals surface area contributed by atoms with Gasteiger partial charge in [-0.15, -0.1) is 0 Å². The molecule has 0 bridgehead atoms. The van der Waals surface area contributed by atoms with Gasteiger partial charge in [0.25, 0.3) is 0 Å². The first-order chi connectivity index (χ1) is 9.78. The number of ether oxygens (including phenoxy) is 2. The molecule has 0 aliphatic rings. The third-order valence-electron chi connectivity index (χ3n) is 3.20. The van der Waals surface area contributed by atoms with Crippen LogP contribution in [0.3, 0.4) is 0 Å². The Morgan fingerprint density at radius 2 is 1.90 bits per heavy atom. The Hall–Kier alpha value is -2.62. The summed E-state index contributed by atoms with van der Waals surface area (Å²) in [5.74, 6) is 1.74. The number of phenols is 1. The molecular formula is C16H15NO3. The topological polar surface area (TPSA) is 54.5 Å². The maximum absolute atomic E-state index is 9.92. The Labute approximate surface area is 116 Å². The number of aromatic amines is 1. The highest BCUT2D eigenvalue weighted by atomic mass is 16.5. The van der Waals surface area contributed by atoms with Crippen molar-refractivity contribution < 1.29 is 14.6 Å². The van der Waals surface area contributed by atoms with Gasteiger partial charge in [-0.2, -0.15) is 0 Å². The molecule has 0 atom stereocenters. The molecule has 0 radical (unpaired) electrons. The molecule has 0 amide bonds. The van der Waals surface area contributed by atoms with E-state index in [9.17, 15) is 5.11 Å². The lowest BCUT2D eigenvalue weighted by atomic mass is 10.1. The van der Waals surface area contributed by atoms with Crippen molar-refractivity contribution in [3.63, 3.8) is 0 Å². The fraction of sp³-hybridized carbons (Fsp3) is 0.125. The SMILES string of the molecule is COc1cccc(OCc2c[nH]c3cccc(O)c23)c1. The minimum atomic E-state index is 0.257. The Morgan fingerprint density at radius 3 is 2.75 bits per heavy atom. The van der Waals surface area contributed by atoms with Crippen molar-refractivity contribution in [2.45, 2.75) is 6.61 Å². The molecule has 4 heteroatoms. The van der Waals surface area contributed by atoms with Crippen LogP contribution >= 0.6 is 0 Å². The lowest BCUT2D eigenvalue weighted by Crippen LogP contribution is -1.95. The molecule has 1 aromatic heterocycles. The van der Waals surface area contributed by atoms with E-state index in [2.05, 4.69) is 4.98 Å². The summed E-state index contributed by atoms with van der Waals surface area (Å²) < 4.78 is 10.9. The van der Waals surface area contributed by atoms with Gasteiger partial charge in [-0.3, -0.25) is 0 Å². The number of phenolic OH excluding ortho intramolecular Hbond substituents is 1. The number of hydrogen-bond donors (Lipinski definition) is 2. The summed E-state index contributed by atoms with van der Waals surface area (Å²) >= 11 is 0. The number of hydrogen-bond acceptors (Lipinski definition) is 3. The van der Waals surface area contributed by atoms with Gasteiger partial charge in [0.1, 0.15) is 23.9 Å². The molecule has 20 heavy (non-hydrogen) atoms. The molecule has 1 heterocycles. The quantitative estimate of drug-likeness (QED) is 0.762. The summed E-state index contributed by atoms with van der Waals surface area (Å²) in [5.41, 5.74) is 1.81. The number of aromatic hydroxyl groups is 1. The Bertz CT molecular complexity index is 733. The molecule has 2 aromatic carbocycles. The van der Waals surface area contributed by atoms with Gasteiger partial charge in [0.2, 0.25) is 0 Å². The maximum atomic E-state index is 9.92. The first-order valence-corrected chi connectivity index (χ1v) is 6.33. The van der Waals surface area contributed by atoms with Crippen LogP contribution in [0.1, 0.15) is 5.56 Å². The monoisotopic (exact) mass is 269 g/mol. The second-order valence-electron chi connectivity index (χ2n) is 4.48. The van der Waals surface area contributed by atoms with E-state index in [1.807, 2.05) is 36.5 Å². The van der Waals surface area contributed by atoms with E-state index in [-0.39, 0.29) is 5.75 Å². The van der Waals surface area contributed by atoms with Gasteiger partial charge in [-0.05, 0) is 24.3 Å². The Morgan fingerprint density at radius 1 is 1.10 bits per heavy atom. The fourth-order valence-corrected chi connectivity index (χ4v) is 2.20. The van der Waals surface area contributed by atoms with Crippen molar-refractivity contribution in [1.82, 2.24) is 4.98 Å². The van der Waals surface area contributed by atoms with Crippen LogP contribution in [-0.4, -0.2) is 17.2 Å². The number of H-pyrrole nitrogens is 1. The van der Waals surface area contributed by atoms with E-state index in [0.29, 0.717) is 6.61 Å². The highest BCUT2D eigenvalue weighted by molar-refractivity contribution is 5.88. The highest BCUT2D eigenvalue weighted by Gasteiger charge is 2.08. The molecule has 0 saturated carbocycles. The van der Waals surface area contributed by atoms with Crippen molar-refractivity contribution in [2.75, 3.05) is 7.11 Å². The molecule has 0 spiro atoms. The minimum Gasteiger partial charge on any atom is -0.507 e. The van der Waals surface area contributed by atoms with Gasteiger partial charge in [-0.25, -0.2) is 0 Å². The van der Waals surface area contributed by atoms with Crippen LogP contribution in [0.4, 0.5) is 0 Å². The molecule has 0 aliphatic carbocycles. The minimum absolute atomic E-state index is 0.257. The standard InChI is InChI=1S/C16H15NO3/c1-19-12-4-2-5-13(8-12)20-10-11-9-17-14-6-3-7-15(18)16(11)14/h2-9,17-18H,10H2,1H3. The van der Waals surface area contributed by atoms with Crippen LogP contribution in [-0.2, 0) is 6.61 Å². The second-order valence-corrected chi connectivity index (χ2v) is 4.48. The lowest BCUT2D eigenvalue weighted by Gasteiger charge is -2.07. The molecule has 4 nitrogen and oxygen atoms in total. The van der Waals surface area contributed by atoms with Crippen LogP contribution < -0.4 is 9.47 Å². The van der Waals surface area contributed by atoms with Crippen LogP contribution in [0, 0.1) is 0 Å². The van der Waals surface area contributed by atoms with E-state index < -0.39 is 0 Å². The van der Waals surface area contributed by atoms with E-state index >= 15 is 0 Å². The summed E-state index contributed by atoms with van der Waals surface area (Å²) in [4.78, 5) is 3.12. The van der Waals surface area contributed by atoms with Crippen LogP contribution in [0.5, 0.6) is 17.2 Å². The molecule has 3 aromatic rings. The average molecular weight is 269 g/mol. The van der Waals surface area contributed by atoms with Gasteiger partial charge in [0.05, 0.1) is 7.11 Å². The number of benzene rings is 2. The number of fused-ring (bicyclic) bond motifs is 1. The fourth-order valence-electron chi connectivity index (χ4n) is 2.20. The summed E-state index contributed by atoms with van der Waals surface area (Å²) in [7, 11) is 1.62. The van der Waals surface area contributed by atoms with E-state index in [0.717, 1.165) is 28.0 Å². The number of aromatic nitrogens is 1. The van der Waals surface area contributed by atoms with Gasteiger partial charge in [0, 0.05) is 28.7 Å². The predicted octanol–water partition coefficient (Wildman–Crippen LogP) is 3.46. The van der Waals surface area contributed by atoms with Gasteiger partial charge < -0.3 is 19.6 Å². The first kappa shape index (κ1) is 12.4. The van der Waals surface area contributed by atoms with Gasteiger partial charge >= 0.3 is 0 Å². The van der Waals surface area contributed by atoms with E-state index in [4.69, 9.17) is 9.47 Å². The molecule has 3 rings (SSSR count). The zero-order valence-corrected chi connectivity index (χ0v) is 11.1. The van der Waals surface area contributed by atoms with Crippen molar-refractivity contribution >= 4 is 10.9 Å². The maximum Gasteiger partial charge on any atom is 0.125 e. The smallest absolute Gasteiger partial charge is 0.125 e. The van der Waals surface area contributed by atoms with E-state index in [1.54, 1.807) is 19.2 Å². The van der Waals surface area contributed by atoms with E-state index in [1.165, 1.54) is 0 Å². The molecule has 0 aliphatic heterocycles. The normalized spacial score (nSPS) is 10.7. The largest absolute Gasteiger partial charge is 0.507 e. The number of nitrogens with one attached hydrogen (secondary N) is 1. The first-order valence-electron chi connectivity index (χ1n) is 6.33. The molecule has 2 N–H and O–H groups in total. The van der Waals surface area contributed by atoms with Crippen molar-refractivity contribution in [2.24, 2.45) is 0 Å². The highest BCUT2D eigenvalue weighted by Crippen LogP contribution is 2.28. The molecule has 0 unspecified atom stereocenters. The average Bonchev–Trinajstić information content (AvgIpc) is 2.90. The van der Waals surface area contributed by atoms with Crippen molar-refractivity contribution in [3.05, 3.63) is 54.2 Å². The molecule has 102 valence electrons. The van der Waals surface area contributed by atoms with Crippen LogP contribution in [0.15, 0.2) is 48.7 Å². The van der Waals surface area contributed by atoms with Crippen molar-refractivity contribution in [3.8, 4) is 17.2 Å².